The molecule has 1 aromatic rings. The molecule has 0 saturated carbocycles. The highest BCUT2D eigenvalue weighted by atomic mass is 16.3. The molecule has 3 atom stereocenters. The van der Waals surface area contributed by atoms with Gasteiger partial charge in [0, 0.05) is 0 Å². The van der Waals surface area contributed by atoms with Crippen molar-refractivity contribution in [2.24, 2.45) is 0 Å². The lowest BCUT2D eigenvalue weighted by atomic mass is 9.87. The molecule has 0 bridgehead atoms. The van der Waals surface area contributed by atoms with Crippen molar-refractivity contribution in [3.8, 4) is 0 Å². The molecule has 120 valence electrons. The van der Waals surface area contributed by atoms with E-state index in [1.165, 1.54) is 13.8 Å². The summed E-state index contributed by atoms with van der Waals surface area (Å²) >= 11 is 0. The van der Waals surface area contributed by atoms with Crippen LogP contribution in [0.1, 0.15) is 32.3 Å². The van der Waals surface area contributed by atoms with Crippen molar-refractivity contribution in [3.63, 3.8) is 0 Å². The molecular weight excluding hydrogens is 280 g/mol. The number of nitrogens with one attached hydrogen (secondary N) is 2. The number of ketones is 1. The maximum absolute atomic E-state index is 12.8. The topological polar surface area (TPSA) is 78.4 Å². The zero-order valence-corrected chi connectivity index (χ0v) is 13.1. The molecule has 1 aromatic carbocycles. The van der Waals surface area contributed by atoms with Gasteiger partial charge in [0.1, 0.15) is 11.6 Å². The fraction of sp³-hybridized carbons (Fsp3) is 0.529. The Labute approximate surface area is 131 Å². The molecule has 0 aromatic heterocycles. The van der Waals surface area contributed by atoms with Gasteiger partial charge in [-0.2, -0.15) is 0 Å². The zero-order chi connectivity index (χ0) is 16.2. The molecular formula is C17H24N2O3. The van der Waals surface area contributed by atoms with Gasteiger partial charge in [-0.15, -0.1) is 0 Å². The minimum Gasteiger partial charge on any atom is -0.391 e. The molecule has 1 fully saturated rings. The molecule has 2 rings (SSSR count). The highest BCUT2D eigenvalue weighted by Crippen LogP contribution is 2.25. The SMILES string of the molecule is CC(=O)[C@@H](NC(=O)[C@@]1(Cc2ccccc2)CCCN1)[C@@H](C)O. The number of Topliss-reactive ketones (excluding diaryl/α,β-unsaturated/α-hetero) is 1. The van der Waals surface area contributed by atoms with E-state index < -0.39 is 17.7 Å². The van der Waals surface area contributed by atoms with Crippen molar-refractivity contribution in [2.45, 2.75) is 50.8 Å². The van der Waals surface area contributed by atoms with Gasteiger partial charge < -0.3 is 15.7 Å². The van der Waals surface area contributed by atoms with E-state index in [9.17, 15) is 14.7 Å². The Hall–Kier alpha value is -1.72. The van der Waals surface area contributed by atoms with E-state index in [1.54, 1.807) is 0 Å². The first-order valence-electron chi connectivity index (χ1n) is 7.73. The van der Waals surface area contributed by atoms with Crippen LogP contribution in [-0.4, -0.2) is 41.0 Å². The van der Waals surface area contributed by atoms with Gasteiger partial charge in [-0.05, 0) is 45.2 Å². The summed E-state index contributed by atoms with van der Waals surface area (Å²) < 4.78 is 0. The molecule has 1 aliphatic heterocycles. The third kappa shape index (κ3) is 3.72. The zero-order valence-electron chi connectivity index (χ0n) is 13.1. The lowest BCUT2D eigenvalue weighted by Gasteiger charge is -2.31. The highest BCUT2D eigenvalue weighted by Gasteiger charge is 2.42. The van der Waals surface area contributed by atoms with Gasteiger partial charge >= 0.3 is 0 Å². The van der Waals surface area contributed by atoms with Gasteiger partial charge in [-0.25, -0.2) is 0 Å². The van der Waals surface area contributed by atoms with Gasteiger partial charge in [0.05, 0.1) is 6.10 Å². The number of rotatable bonds is 6. The average molecular weight is 304 g/mol. The number of aliphatic hydroxyl groups excluding tert-OH is 1. The van der Waals surface area contributed by atoms with Crippen LogP contribution in [0.3, 0.4) is 0 Å². The molecule has 0 spiro atoms. The summed E-state index contributed by atoms with van der Waals surface area (Å²) in [6.45, 7) is 3.67. The summed E-state index contributed by atoms with van der Waals surface area (Å²) in [5.41, 5.74) is 0.368. The monoisotopic (exact) mass is 304 g/mol. The summed E-state index contributed by atoms with van der Waals surface area (Å²) in [7, 11) is 0. The highest BCUT2D eigenvalue weighted by molar-refractivity contribution is 5.92. The normalized spacial score (nSPS) is 23.8. The summed E-state index contributed by atoms with van der Waals surface area (Å²) in [6.07, 6.45) is 1.30. The van der Waals surface area contributed by atoms with Crippen LogP contribution in [0.25, 0.3) is 0 Å². The first-order chi connectivity index (χ1) is 10.4. The number of hydrogen-bond acceptors (Lipinski definition) is 4. The fourth-order valence-corrected chi connectivity index (χ4v) is 3.02. The van der Waals surface area contributed by atoms with Gasteiger partial charge in [0.15, 0.2) is 5.78 Å². The van der Waals surface area contributed by atoms with Crippen LogP contribution in [0, 0.1) is 0 Å². The summed E-state index contributed by atoms with van der Waals surface area (Å²) in [5.74, 6) is -0.453. The Bertz CT molecular complexity index is 522. The predicted molar refractivity (Wildman–Crippen MR) is 84.4 cm³/mol. The second-order valence-corrected chi connectivity index (χ2v) is 6.08. The van der Waals surface area contributed by atoms with Crippen molar-refractivity contribution in [3.05, 3.63) is 35.9 Å². The second kappa shape index (κ2) is 7.03. The van der Waals surface area contributed by atoms with Crippen LogP contribution in [0.2, 0.25) is 0 Å². The lowest BCUT2D eigenvalue weighted by molar-refractivity contribution is -0.133. The molecule has 1 saturated heterocycles. The van der Waals surface area contributed by atoms with E-state index in [2.05, 4.69) is 10.6 Å². The first-order valence-corrected chi connectivity index (χ1v) is 7.73. The van der Waals surface area contributed by atoms with Crippen molar-refractivity contribution in [1.29, 1.82) is 0 Å². The maximum atomic E-state index is 12.8. The van der Waals surface area contributed by atoms with E-state index in [1.807, 2.05) is 30.3 Å². The number of hydrogen-bond donors (Lipinski definition) is 3. The summed E-state index contributed by atoms with van der Waals surface area (Å²) in [5, 5.41) is 15.7. The van der Waals surface area contributed by atoms with Crippen molar-refractivity contribution < 1.29 is 14.7 Å². The fourth-order valence-electron chi connectivity index (χ4n) is 3.02. The number of benzene rings is 1. The van der Waals surface area contributed by atoms with Gasteiger partial charge in [-0.1, -0.05) is 30.3 Å². The van der Waals surface area contributed by atoms with E-state index >= 15 is 0 Å². The van der Waals surface area contributed by atoms with Crippen molar-refractivity contribution >= 4 is 11.7 Å². The van der Waals surface area contributed by atoms with Crippen LogP contribution in [0.5, 0.6) is 0 Å². The van der Waals surface area contributed by atoms with Crippen LogP contribution < -0.4 is 10.6 Å². The molecule has 5 heteroatoms. The van der Waals surface area contributed by atoms with Gasteiger partial charge in [0.2, 0.25) is 5.91 Å². The molecule has 22 heavy (non-hydrogen) atoms. The number of amides is 1. The number of carbonyl (C=O) groups is 2. The third-order valence-electron chi connectivity index (χ3n) is 4.23. The Morgan fingerprint density at radius 1 is 1.36 bits per heavy atom. The number of carbonyl (C=O) groups excluding carboxylic acids is 2. The average Bonchev–Trinajstić information content (AvgIpc) is 2.94. The minimum atomic E-state index is -0.906. The molecule has 0 radical (unpaired) electrons. The van der Waals surface area contributed by atoms with Crippen LogP contribution >= 0.6 is 0 Å². The predicted octanol–water partition coefficient (Wildman–Crippen LogP) is 0.806. The van der Waals surface area contributed by atoms with Crippen LogP contribution in [0.15, 0.2) is 30.3 Å². The van der Waals surface area contributed by atoms with Crippen LogP contribution in [-0.2, 0) is 16.0 Å². The first kappa shape index (κ1) is 16.6. The molecule has 1 aliphatic rings. The van der Waals surface area contributed by atoms with E-state index in [0.29, 0.717) is 6.42 Å². The Balaban J connectivity index is 2.16. The quantitative estimate of drug-likeness (QED) is 0.726. The Kier molecular flexibility index (Phi) is 5.32. The van der Waals surface area contributed by atoms with Crippen molar-refractivity contribution in [2.75, 3.05) is 6.54 Å². The largest absolute Gasteiger partial charge is 0.391 e. The molecule has 1 heterocycles. The summed E-state index contributed by atoms with van der Waals surface area (Å²) in [4.78, 5) is 24.4. The van der Waals surface area contributed by atoms with Gasteiger partial charge in [-0.3, -0.25) is 9.59 Å². The number of aliphatic hydroxyl groups is 1. The Morgan fingerprint density at radius 3 is 2.55 bits per heavy atom. The smallest absolute Gasteiger partial charge is 0.241 e. The Morgan fingerprint density at radius 2 is 2.05 bits per heavy atom. The van der Waals surface area contributed by atoms with Gasteiger partial charge in [0.25, 0.3) is 0 Å². The third-order valence-corrected chi connectivity index (χ3v) is 4.23. The molecule has 5 nitrogen and oxygen atoms in total. The van der Waals surface area contributed by atoms with E-state index in [0.717, 1.165) is 24.9 Å². The lowest BCUT2D eigenvalue weighted by Crippen LogP contribution is -2.59. The molecule has 1 amide bonds. The second-order valence-electron chi connectivity index (χ2n) is 6.08. The van der Waals surface area contributed by atoms with E-state index in [-0.39, 0.29) is 11.7 Å². The van der Waals surface area contributed by atoms with E-state index in [4.69, 9.17) is 0 Å². The minimum absolute atomic E-state index is 0.213. The van der Waals surface area contributed by atoms with Crippen LogP contribution in [0.4, 0.5) is 0 Å². The van der Waals surface area contributed by atoms with Crippen molar-refractivity contribution in [1.82, 2.24) is 10.6 Å². The molecule has 0 aliphatic carbocycles. The molecule has 3 N–H and O–H groups in total. The standard InChI is InChI=1S/C17H24N2O3/c1-12(20)15(13(2)21)19-16(22)17(9-6-10-18-17)11-14-7-4-3-5-8-14/h3-5,7-8,12,15,18,20H,6,9-11H2,1-2H3,(H,19,22)/t12-,15+,17+/m1/s1. The maximum Gasteiger partial charge on any atom is 0.241 e. The molecule has 0 unspecified atom stereocenters. The summed E-state index contributed by atoms with van der Waals surface area (Å²) in [6, 6.07) is 8.96.